The Kier molecular flexibility index (Phi) is 9.34. The standard InChI is InChI=1S/C33H38FN3O3/c1-39-29-14-11-26(12-15-29)13-16-33(38)37-17-5-7-28(24-37)25-40-30-8-4-6-27(22-30)23-35-18-20-36(21-19-35)32-10-3-2-9-31(32)34/h2-4,6,8-16,22,28H,5,7,17-21,23-25H2,1H3/b16-13+. The number of methoxy groups -OCH3 is 1. The zero-order chi connectivity index (χ0) is 27.7. The molecule has 7 heteroatoms. The van der Waals surface area contributed by atoms with Crippen LogP contribution in [0, 0.1) is 11.7 Å². The molecule has 0 spiro atoms. The Bertz CT molecular complexity index is 1290. The number of piperazine rings is 1. The van der Waals surface area contributed by atoms with Crippen molar-refractivity contribution in [1.82, 2.24) is 9.80 Å². The first-order chi connectivity index (χ1) is 19.6. The highest BCUT2D eigenvalue weighted by molar-refractivity contribution is 5.91. The Labute approximate surface area is 236 Å². The number of likely N-dealkylation sites (tertiary alicyclic amines) is 1. The summed E-state index contributed by atoms with van der Waals surface area (Å²) in [5.41, 5.74) is 2.87. The smallest absolute Gasteiger partial charge is 0.246 e. The number of anilines is 1. The quantitative estimate of drug-likeness (QED) is 0.334. The summed E-state index contributed by atoms with van der Waals surface area (Å²) in [7, 11) is 1.64. The number of hydrogen-bond acceptors (Lipinski definition) is 5. The number of amides is 1. The van der Waals surface area contributed by atoms with Gasteiger partial charge in [-0.1, -0.05) is 36.4 Å². The molecular formula is C33H38FN3O3. The number of ether oxygens (including phenoxy) is 2. The van der Waals surface area contributed by atoms with Gasteiger partial charge in [-0.15, -0.1) is 0 Å². The topological polar surface area (TPSA) is 45.2 Å². The summed E-state index contributed by atoms with van der Waals surface area (Å²) in [6.45, 7) is 6.31. The van der Waals surface area contributed by atoms with Crippen LogP contribution in [0.4, 0.5) is 10.1 Å². The van der Waals surface area contributed by atoms with Crippen molar-refractivity contribution in [3.05, 3.63) is 95.8 Å². The number of para-hydroxylation sites is 1. The van der Waals surface area contributed by atoms with E-state index < -0.39 is 0 Å². The van der Waals surface area contributed by atoms with Crippen molar-refractivity contribution in [2.75, 3.05) is 57.9 Å². The molecule has 3 aromatic rings. The maximum absolute atomic E-state index is 14.2. The van der Waals surface area contributed by atoms with Crippen LogP contribution in [0.15, 0.2) is 78.9 Å². The first-order valence-corrected chi connectivity index (χ1v) is 14.1. The lowest BCUT2D eigenvalue weighted by Crippen LogP contribution is -2.46. The minimum absolute atomic E-state index is 0.0395. The highest BCUT2D eigenvalue weighted by atomic mass is 19.1. The lowest BCUT2D eigenvalue weighted by atomic mass is 9.99. The number of rotatable bonds is 9. The summed E-state index contributed by atoms with van der Waals surface area (Å²) in [6, 6.07) is 23.0. The summed E-state index contributed by atoms with van der Waals surface area (Å²) < 4.78 is 25.6. The molecule has 2 heterocycles. The Morgan fingerprint density at radius 3 is 2.52 bits per heavy atom. The molecule has 1 unspecified atom stereocenters. The summed E-state index contributed by atoms with van der Waals surface area (Å²) in [5.74, 6) is 1.86. The van der Waals surface area contributed by atoms with E-state index in [1.54, 1.807) is 19.3 Å². The first-order valence-electron chi connectivity index (χ1n) is 14.1. The van der Waals surface area contributed by atoms with Crippen LogP contribution < -0.4 is 14.4 Å². The lowest BCUT2D eigenvalue weighted by Gasteiger charge is -2.36. The van der Waals surface area contributed by atoms with E-state index >= 15 is 0 Å². The van der Waals surface area contributed by atoms with E-state index in [-0.39, 0.29) is 11.7 Å². The number of halogens is 1. The largest absolute Gasteiger partial charge is 0.497 e. The number of hydrogen-bond donors (Lipinski definition) is 0. The number of piperidine rings is 1. The monoisotopic (exact) mass is 543 g/mol. The molecule has 0 N–H and O–H groups in total. The van der Waals surface area contributed by atoms with Crippen molar-refractivity contribution >= 4 is 17.7 Å². The fourth-order valence-corrected chi connectivity index (χ4v) is 5.45. The fraction of sp³-hybridized carbons (Fsp3) is 0.364. The van der Waals surface area contributed by atoms with Crippen molar-refractivity contribution in [2.45, 2.75) is 19.4 Å². The molecule has 0 bridgehead atoms. The van der Waals surface area contributed by atoms with Crippen LogP contribution in [0.5, 0.6) is 11.5 Å². The van der Waals surface area contributed by atoms with Gasteiger partial charge in [-0.05, 0) is 66.4 Å². The molecule has 3 aromatic carbocycles. The first kappa shape index (κ1) is 27.7. The second-order valence-corrected chi connectivity index (χ2v) is 10.6. The lowest BCUT2D eigenvalue weighted by molar-refractivity contribution is -0.127. The maximum atomic E-state index is 14.2. The van der Waals surface area contributed by atoms with Gasteiger partial charge in [-0.3, -0.25) is 9.69 Å². The summed E-state index contributed by atoms with van der Waals surface area (Å²) in [6.07, 6.45) is 5.55. The molecular weight excluding hydrogens is 505 g/mol. The fourth-order valence-electron chi connectivity index (χ4n) is 5.45. The Hall–Kier alpha value is -3.84. The van der Waals surface area contributed by atoms with Crippen LogP contribution in [0.2, 0.25) is 0 Å². The minimum atomic E-state index is -0.156. The molecule has 210 valence electrons. The Morgan fingerprint density at radius 2 is 1.75 bits per heavy atom. The van der Waals surface area contributed by atoms with Gasteiger partial charge >= 0.3 is 0 Å². The minimum Gasteiger partial charge on any atom is -0.497 e. The Morgan fingerprint density at radius 1 is 0.950 bits per heavy atom. The molecule has 5 rings (SSSR count). The van der Waals surface area contributed by atoms with Gasteiger partial charge in [0.25, 0.3) is 0 Å². The van der Waals surface area contributed by atoms with Gasteiger partial charge in [0, 0.05) is 57.8 Å². The normalized spacial score (nSPS) is 18.2. The third kappa shape index (κ3) is 7.42. The van der Waals surface area contributed by atoms with Gasteiger partial charge in [0.1, 0.15) is 17.3 Å². The van der Waals surface area contributed by atoms with E-state index in [0.29, 0.717) is 24.8 Å². The average Bonchev–Trinajstić information content (AvgIpc) is 3.00. The number of carbonyl (C=O) groups excluding carboxylic acids is 1. The van der Waals surface area contributed by atoms with Crippen molar-refractivity contribution < 1.29 is 18.7 Å². The zero-order valence-electron chi connectivity index (χ0n) is 23.2. The van der Waals surface area contributed by atoms with Crippen LogP contribution in [-0.2, 0) is 11.3 Å². The SMILES string of the molecule is COc1ccc(/C=C/C(=O)N2CCCC(COc3cccc(CN4CCN(c5ccccc5F)CC4)c3)C2)cc1. The maximum Gasteiger partial charge on any atom is 0.246 e. The molecule has 0 saturated carbocycles. The highest BCUT2D eigenvalue weighted by Gasteiger charge is 2.23. The van der Waals surface area contributed by atoms with Crippen LogP contribution >= 0.6 is 0 Å². The second-order valence-electron chi connectivity index (χ2n) is 10.6. The average molecular weight is 544 g/mol. The summed E-state index contributed by atoms with van der Waals surface area (Å²) >= 11 is 0. The molecule has 0 aromatic heterocycles. The van der Waals surface area contributed by atoms with Gasteiger partial charge in [0.15, 0.2) is 0 Å². The molecule has 0 radical (unpaired) electrons. The molecule has 2 saturated heterocycles. The second kappa shape index (κ2) is 13.5. The molecule has 2 fully saturated rings. The van der Waals surface area contributed by atoms with Gasteiger partial charge in [0.2, 0.25) is 5.91 Å². The predicted molar refractivity (Wildman–Crippen MR) is 157 cm³/mol. The van der Waals surface area contributed by atoms with E-state index in [9.17, 15) is 9.18 Å². The van der Waals surface area contributed by atoms with Crippen molar-refractivity contribution in [3.63, 3.8) is 0 Å². The molecule has 1 amide bonds. The summed E-state index contributed by atoms with van der Waals surface area (Å²) in [4.78, 5) is 19.3. The van der Waals surface area contributed by atoms with Crippen LogP contribution in [0.1, 0.15) is 24.0 Å². The van der Waals surface area contributed by atoms with E-state index in [2.05, 4.69) is 21.9 Å². The van der Waals surface area contributed by atoms with Gasteiger partial charge in [-0.25, -0.2) is 4.39 Å². The predicted octanol–water partition coefficient (Wildman–Crippen LogP) is 5.49. The van der Waals surface area contributed by atoms with Gasteiger partial charge < -0.3 is 19.3 Å². The van der Waals surface area contributed by atoms with Crippen LogP contribution in [0.3, 0.4) is 0 Å². The summed E-state index contributed by atoms with van der Waals surface area (Å²) in [5, 5.41) is 0. The van der Waals surface area contributed by atoms with E-state index in [4.69, 9.17) is 9.47 Å². The molecule has 40 heavy (non-hydrogen) atoms. The third-order valence-electron chi connectivity index (χ3n) is 7.72. The van der Waals surface area contributed by atoms with E-state index in [0.717, 1.165) is 69.2 Å². The zero-order valence-corrected chi connectivity index (χ0v) is 23.2. The van der Waals surface area contributed by atoms with Gasteiger partial charge in [0.05, 0.1) is 19.4 Å². The Balaban J connectivity index is 1.08. The molecule has 1 atom stereocenters. The molecule has 2 aliphatic heterocycles. The van der Waals surface area contributed by atoms with Crippen molar-refractivity contribution in [2.24, 2.45) is 5.92 Å². The van der Waals surface area contributed by atoms with E-state index in [1.807, 2.05) is 59.5 Å². The van der Waals surface area contributed by atoms with Crippen molar-refractivity contribution in [1.29, 1.82) is 0 Å². The third-order valence-corrected chi connectivity index (χ3v) is 7.72. The van der Waals surface area contributed by atoms with Crippen LogP contribution in [0.25, 0.3) is 6.08 Å². The number of carbonyl (C=O) groups is 1. The molecule has 0 aliphatic carbocycles. The molecule has 2 aliphatic rings. The van der Waals surface area contributed by atoms with Crippen LogP contribution in [-0.4, -0.2) is 68.7 Å². The highest BCUT2D eigenvalue weighted by Crippen LogP contribution is 2.23. The molecule has 6 nitrogen and oxygen atoms in total. The number of nitrogens with zero attached hydrogens (tertiary/aromatic N) is 3. The van der Waals surface area contributed by atoms with E-state index in [1.165, 1.54) is 11.6 Å². The number of benzene rings is 3. The van der Waals surface area contributed by atoms with Crippen molar-refractivity contribution in [3.8, 4) is 11.5 Å². The van der Waals surface area contributed by atoms with Gasteiger partial charge in [-0.2, -0.15) is 0 Å².